The molecule has 0 fully saturated rings. The van der Waals surface area contributed by atoms with E-state index in [0.29, 0.717) is 12.4 Å². The standard InChI is InChI=1S/C29H40N6O2SSi/c1-20(34-38(36)28(2,3)4)24-11-10-12-25(33-24)21-13-14-22-16-31-35(26(22)15-21)27-18-30-17-23(32-27)19-37-39(8,9)29(5,6)7/h10-18,20,34H,19H2,1-9H3/t20-,38+/m0/s1. The molecular formula is C29H40N6O2SSi. The van der Waals surface area contributed by atoms with Crippen molar-refractivity contribution in [2.24, 2.45) is 0 Å². The van der Waals surface area contributed by atoms with E-state index in [-0.39, 0.29) is 15.8 Å². The third-order valence-corrected chi connectivity index (χ3v) is 13.4. The fourth-order valence-corrected chi connectivity index (χ4v) is 5.39. The molecule has 0 aliphatic rings. The van der Waals surface area contributed by atoms with Crippen LogP contribution in [0.1, 0.15) is 65.9 Å². The van der Waals surface area contributed by atoms with Crippen LogP contribution >= 0.6 is 0 Å². The van der Waals surface area contributed by atoms with E-state index in [9.17, 15) is 4.55 Å². The van der Waals surface area contributed by atoms with Crippen LogP contribution in [0.4, 0.5) is 0 Å². The maximum absolute atomic E-state index is 12.6. The number of hydrogen-bond acceptors (Lipinski definition) is 7. The van der Waals surface area contributed by atoms with E-state index in [1.807, 2.05) is 68.9 Å². The van der Waals surface area contributed by atoms with Gasteiger partial charge in [0, 0.05) is 22.3 Å². The number of hydrogen-bond donors (Lipinski definition) is 1. The molecule has 0 aliphatic heterocycles. The summed E-state index contributed by atoms with van der Waals surface area (Å²) in [5.41, 5.74) is 4.32. The lowest BCUT2D eigenvalue weighted by molar-refractivity contribution is 0.271. The van der Waals surface area contributed by atoms with Gasteiger partial charge >= 0.3 is 0 Å². The van der Waals surface area contributed by atoms with Crippen LogP contribution < -0.4 is 4.72 Å². The van der Waals surface area contributed by atoms with E-state index in [2.05, 4.69) is 54.7 Å². The molecule has 0 unspecified atom stereocenters. The average Bonchev–Trinajstić information content (AvgIpc) is 3.30. The third-order valence-electron chi connectivity index (χ3n) is 7.20. The molecule has 10 heteroatoms. The van der Waals surface area contributed by atoms with Crippen LogP contribution in [-0.2, 0) is 22.4 Å². The molecule has 0 aliphatic carbocycles. The Bertz CT molecular complexity index is 1440. The molecule has 3 aromatic heterocycles. The van der Waals surface area contributed by atoms with Crippen molar-refractivity contribution in [3.05, 3.63) is 66.4 Å². The minimum absolute atomic E-state index is 0.121. The maximum Gasteiger partial charge on any atom is 0.192 e. The van der Waals surface area contributed by atoms with Crippen LogP contribution in [0.3, 0.4) is 0 Å². The second kappa shape index (κ2) is 11.1. The molecule has 0 amide bonds. The number of aromatic nitrogens is 5. The first kappa shape index (κ1) is 29.4. The highest BCUT2D eigenvalue weighted by molar-refractivity contribution is 7.90. The SMILES string of the molecule is C[C@H](N[S@+]([O-])C(C)(C)C)c1cccc(-c2ccc3cnn(-c4cncc(CO[Si](C)(C)C(C)(C)C)n4)c3c2)n1. The molecule has 3 heterocycles. The second-order valence-corrected chi connectivity index (χ2v) is 19.2. The predicted octanol–water partition coefficient (Wildman–Crippen LogP) is 6.51. The largest absolute Gasteiger partial charge is 0.598 e. The Morgan fingerprint density at radius 2 is 1.77 bits per heavy atom. The number of pyridine rings is 1. The van der Waals surface area contributed by atoms with Crippen molar-refractivity contribution in [1.82, 2.24) is 29.5 Å². The van der Waals surface area contributed by atoms with Gasteiger partial charge in [0.2, 0.25) is 0 Å². The summed E-state index contributed by atoms with van der Waals surface area (Å²) in [4.78, 5) is 14.1. The van der Waals surface area contributed by atoms with Gasteiger partial charge in [-0.2, -0.15) is 5.10 Å². The van der Waals surface area contributed by atoms with Crippen molar-refractivity contribution in [2.45, 2.75) is 84.0 Å². The normalized spacial score (nSPS) is 14.5. The van der Waals surface area contributed by atoms with E-state index < -0.39 is 19.7 Å². The van der Waals surface area contributed by atoms with E-state index in [1.165, 1.54) is 0 Å². The molecule has 0 saturated heterocycles. The van der Waals surface area contributed by atoms with Crippen molar-refractivity contribution >= 4 is 30.6 Å². The van der Waals surface area contributed by atoms with Crippen LogP contribution in [0.15, 0.2) is 55.0 Å². The number of fused-ring (bicyclic) bond motifs is 1. The molecule has 8 nitrogen and oxygen atoms in total. The van der Waals surface area contributed by atoms with Gasteiger partial charge in [0.15, 0.2) is 14.1 Å². The van der Waals surface area contributed by atoms with Crippen molar-refractivity contribution in [2.75, 3.05) is 0 Å². The zero-order valence-corrected chi connectivity index (χ0v) is 26.3. The molecule has 1 N–H and O–H groups in total. The van der Waals surface area contributed by atoms with E-state index >= 15 is 0 Å². The van der Waals surface area contributed by atoms with Crippen molar-refractivity contribution in [3.63, 3.8) is 0 Å². The number of rotatable bonds is 8. The quantitative estimate of drug-likeness (QED) is 0.192. The highest BCUT2D eigenvalue weighted by Crippen LogP contribution is 2.37. The van der Waals surface area contributed by atoms with Gasteiger partial charge in [-0.15, -0.1) is 4.72 Å². The molecule has 208 valence electrons. The smallest absolute Gasteiger partial charge is 0.192 e. The first-order valence-electron chi connectivity index (χ1n) is 13.2. The number of benzene rings is 1. The molecule has 4 aromatic rings. The first-order valence-corrected chi connectivity index (χ1v) is 17.3. The van der Waals surface area contributed by atoms with Crippen LogP contribution in [0.25, 0.3) is 28.0 Å². The lowest BCUT2D eigenvalue weighted by Gasteiger charge is -2.36. The zero-order chi connectivity index (χ0) is 28.6. The van der Waals surface area contributed by atoms with Crippen molar-refractivity contribution in [1.29, 1.82) is 0 Å². The lowest BCUT2D eigenvalue weighted by Crippen LogP contribution is -2.40. The minimum atomic E-state index is -1.91. The highest BCUT2D eigenvalue weighted by Gasteiger charge is 2.37. The Morgan fingerprint density at radius 1 is 1.03 bits per heavy atom. The Hall–Kier alpha value is -2.63. The van der Waals surface area contributed by atoms with Gasteiger partial charge in [-0.1, -0.05) is 39.0 Å². The Labute approximate surface area is 236 Å². The third kappa shape index (κ3) is 6.75. The summed E-state index contributed by atoms with van der Waals surface area (Å²) in [6.07, 6.45) is 5.30. The summed E-state index contributed by atoms with van der Waals surface area (Å²) in [7, 11) is -1.91. The minimum Gasteiger partial charge on any atom is -0.598 e. The fourth-order valence-electron chi connectivity index (χ4n) is 3.65. The topological polar surface area (TPSA) is 101 Å². The van der Waals surface area contributed by atoms with Crippen LogP contribution in [0.5, 0.6) is 0 Å². The van der Waals surface area contributed by atoms with Crippen molar-refractivity contribution in [3.8, 4) is 17.1 Å². The summed E-state index contributed by atoms with van der Waals surface area (Å²) in [5.74, 6) is 0.641. The Balaban J connectivity index is 1.61. The summed E-state index contributed by atoms with van der Waals surface area (Å²) >= 11 is -1.19. The van der Waals surface area contributed by atoms with Crippen LogP contribution in [0, 0.1) is 0 Å². The molecule has 1 aromatic carbocycles. The van der Waals surface area contributed by atoms with Crippen LogP contribution in [-0.4, -0.2) is 42.3 Å². The molecule has 0 bridgehead atoms. The zero-order valence-electron chi connectivity index (χ0n) is 24.4. The monoisotopic (exact) mass is 564 g/mol. The molecule has 4 rings (SSSR count). The number of nitrogens with zero attached hydrogens (tertiary/aromatic N) is 5. The van der Waals surface area contributed by atoms with Crippen molar-refractivity contribution < 1.29 is 8.98 Å². The second-order valence-electron chi connectivity index (χ2n) is 12.4. The van der Waals surface area contributed by atoms with Gasteiger partial charge < -0.3 is 8.98 Å². The van der Waals surface area contributed by atoms with Gasteiger partial charge in [0.1, 0.15) is 4.75 Å². The highest BCUT2D eigenvalue weighted by atomic mass is 32.2. The van der Waals surface area contributed by atoms with E-state index in [4.69, 9.17) is 14.4 Å². The molecule has 0 spiro atoms. The van der Waals surface area contributed by atoms with Gasteiger partial charge in [-0.05, 0) is 64.0 Å². The summed E-state index contributed by atoms with van der Waals surface area (Å²) in [6, 6.07) is 11.9. The predicted molar refractivity (Wildman–Crippen MR) is 161 cm³/mol. The summed E-state index contributed by atoms with van der Waals surface area (Å²) < 4.78 is 23.6. The Kier molecular flexibility index (Phi) is 8.35. The van der Waals surface area contributed by atoms with E-state index in [1.54, 1.807) is 12.4 Å². The molecule has 0 radical (unpaired) electrons. The maximum atomic E-state index is 12.6. The number of nitrogens with one attached hydrogen (secondary N) is 1. The first-order chi connectivity index (χ1) is 18.2. The van der Waals surface area contributed by atoms with Gasteiger partial charge in [0.25, 0.3) is 0 Å². The molecular weight excluding hydrogens is 525 g/mol. The van der Waals surface area contributed by atoms with E-state index in [0.717, 1.165) is 33.5 Å². The molecule has 0 saturated carbocycles. The van der Waals surface area contributed by atoms with Crippen LogP contribution in [0.2, 0.25) is 18.1 Å². The molecule has 39 heavy (non-hydrogen) atoms. The fraction of sp³-hybridized carbons (Fsp3) is 0.448. The van der Waals surface area contributed by atoms with Gasteiger partial charge in [0.05, 0.1) is 53.8 Å². The lowest BCUT2D eigenvalue weighted by atomic mass is 10.1. The summed E-state index contributed by atoms with van der Waals surface area (Å²) in [6.45, 7) is 19.4. The molecule has 2 atom stereocenters. The van der Waals surface area contributed by atoms with Gasteiger partial charge in [-0.3, -0.25) is 9.97 Å². The summed E-state index contributed by atoms with van der Waals surface area (Å²) in [5, 5.41) is 5.72. The van der Waals surface area contributed by atoms with Gasteiger partial charge in [-0.25, -0.2) is 9.67 Å². The average molecular weight is 565 g/mol. The Morgan fingerprint density at radius 3 is 2.46 bits per heavy atom.